The normalized spacial score (nSPS) is 10.4. The zero-order valence-electron chi connectivity index (χ0n) is 10.9. The van der Waals surface area contributed by atoms with Crippen molar-refractivity contribution in [1.29, 1.82) is 0 Å². The molecular weight excluding hydrogens is 336 g/mol. The van der Waals surface area contributed by atoms with E-state index in [0.29, 0.717) is 17.1 Å². The van der Waals surface area contributed by atoms with Crippen LogP contribution in [0.1, 0.15) is 28.9 Å². The van der Waals surface area contributed by atoms with Crippen LogP contribution in [0.3, 0.4) is 0 Å². The number of unbranched alkanes of at least 4 members (excludes halogenated alkanes) is 2. The van der Waals surface area contributed by atoms with Crippen LogP contribution in [0, 0.1) is 12.3 Å². The van der Waals surface area contributed by atoms with Crippen molar-refractivity contribution in [3.8, 4) is 12.3 Å². The van der Waals surface area contributed by atoms with Crippen molar-refractivity contribution in [3.05, 3.63) is 27.5 Å². The van der Waals surface area contributed by atoms with E-state index in [4.69, 9.17) is 12.2 Å². The van der Waals surface area contributed by atoms with Crippen molar-refractivity contribution in [2.45, 2.75) is 19.3 Å². The quantitative estimate of drug-likeness (QED) is 0.636. The maximum Gasteiger partial charge on any atom is 0.263 e. The number of nitrogens with one attached hydrogen (secondary N) is 1. The first-order valence-corrected chi connectivity index (χ1v) is 7.94. The fourth-order valence-electron chi connectivity index (χ4n) is 1.93. The topological polar surface area (TPSA) is 55.1 Å². The number of nitrogen functional groups attached to an aromatic ring is 1. The minimum Gasteiger partial charge on any atom is -0.397 e. The van der Waals surface area contributed by atoms with E-state index in [1.165, 1.54) is 11.3 Å². The average molecular weight is 351 g/mol. The van der Waals surface area contributed by atoms with E-state index in [1.807, 2.05) is 18.2 Å². The van der Waals surface area contributed by atoms with Crippen molar-refractivity contribution >= 4 is 48.9 Å². The summed E-state index contributed by atoms with van der Waals surface area (Å²) in [6.45, 7) is 0.620. The fourth-order valence-corrected chi connectivity index (χ4v) is 3.71. The molecule has 5 heteroatoms. The fraction of sp³-hybridized carbons (Fsp3) is 0.267. The van der Waals surface area contributed by atoms with E-state index in [-0.39, 0.29) is 5.91 Å². The standard InChI is InChI=1S/C15H15BrN2OS/c1-2-3-4-5-9-18-15(19)14-13(17)12-10(16)7-6-8-11(12)20-14/h1,6-8H,3-5,9,17H2,(H,18,19). The molecule has 0 fully saturated rings. The minimum atomic E-state index is -0.115. The van der Waals surface area contributed by atoms with Crippen molar-refractivity contribution < 1.29 is 4.79 Å². The van der Waals surface area contributed by atoms with Gasteiger partial charge in [0.05, 0.1) is 5.69 Å². The number of nitrogens with two attached hydrogens (primary N) is 1. The lowest BCUT2D eigenvalue weighted by Crippen LogP contribution is -2.24. The number of rotatable bonds is 5. The first-order chi connectivity index (χ1) is 9.65. The zero-order chi connectivity index (χ0) is 14.5. The number of fused-ring (bicyclic) bond motifs is 1. The number of amides is 1. The Labute approximate surface area is 130 Å². The van der Waals surface area contributed by atoms with Gasteiger partial charge in [0.1, 0.15) is 4.88 Å². The molecule has 0 aliphatic heterocycles. The van der Waals surface area contributed by atoms with Crippen LogP contribution in [-0.2, 0) is 0 Å². The van der Waals surface area contributed by atoms with Crippen LogP contribution in [-0.4, -0.2) is 12.5 Å². The number of carbonyl (C=O) groups is 1. The number of carbonyl (C=O) groups excluding carboxylic acids is 1. The molecule has 20 heavy (non-hydrogen) atoms. The number of hydrogen-bond acceptors (Lipinski definition) is 3. The molecule has 2 aromatic rings. The Morgan fingerprint density at radius 3 is 2.95 bits per heavy atom. The van der Waals surface area contributed by atoms with E-state index in [0.717, 1.165) is 33.8 Å². The van der Waals surface area contributed by atoms with Crippen LogP contribution < -0.4 is 11.1 Å². The summed E-state index contributed by atoms with van der Waals surface area (Å²) < 4.78 is 1.92. The predicted molar refractivity (Wildman–Crippen MR) is 89.0 cm³/mol. The summed E-state index contributed by atoms with van der Waals surface area (Å²) in [7, 11) is 0. The summed E-state index contributed by atoms with van der Waals surface area (Å²) in [5, 5.41) is 3.80. The molecule has 1 heterocycles. The Bertz CT molecular complexity index is 672. The van der Waals surface area contributed by atoms with E-state index in [9.17, 15) is 4.79 Å². The molecule has 1 amide bonds. The molecule has 1 aromatic heterocycles. The number of terminal acetylenes is 1. The van der Waals surface area contributed by atoms with Crippen molar-refractivity contribution in [3.63, 3.8) is 0 Å². The van der Waals surface area contributed by atoms with Gasteiger partial charge in [-0.1, -0.05) is 22.0 Å². The highest BCUT2D eigenvalue weighted by Crippen LogP contribution is 2.37. The molecule has 0 radical (unpaired) electrons. The Hall–Kier alpha value is -1.51. The van der Waals surface area contributed by atoms with Crippen LogP contribution in [0.25, 0.3) is 10.1 Å². The molecular formula is C15H15BrN2OS. The van der Waals surface area contributed by atoms with E-state index >= 15 is 0 Å². The number of thiophene rings is 1. The van der Waals surface area contributed by atoms with Gasteiger partial charge in [-0.05, 0) is 25.0 Å². The molecule has 0 saturated heterocycles. The Morgan fingerprint density at radius 2 is 2.25 bits per heavy atom. The Morgan fingerprint density at radius 1 is 1.45 bits per heavy atom. The number of halogens is 1. The summed E-state index contributed by atoms with van der Waals surface area (Å²) in [6, 6.07) is 5.82. The lowest BCUT2D eigenvalue weighted by Gasteiger charge is -2.03. The molecule has 2 rings (SSSR count). The highest BCUT2D eigenvalue weighted by atomic mass is 79.9. The lowest BCUT2D eigenvalue weighted by atomic mass is 10.2. The summed E-state index contributed by atoms with van der Waals surface area (Å²) in [6.07, 6.45) is 7.73. The minimum absolute atomic E-state index is 0.115. The number of hydrogen-bond donors (Lipinski definition) is 2. The van der Waals surface area contributed by atoms with E-state index < -0.39 is 0 Å². The second-order valence-electron chi connectivity index (χ2n) is 4.37. The summed E-state index contributed by atoms with van der Waals surface area (Å²) in [5.41, 5.74) is 6.63. The van der Waals surface area contributed by atoms with Gasteiger partial charge in [0.25, 0.3) is 5.91 Å². The van der Waals surface area contributed by atoms with E-state index in [1.54, 1.807) is 0 Å². The van der Waals surface area contributed by atoms with Crippen molar-refractivity contribution in [2.24, 2.45) is 0 Å². The molecule has 0 spiro atoms. The van der Waals surface area contributed by atoms with Gasteiger partial charge in [-0.25, -0.2) is 0 Å². The van der Waals surface area contributed by atoms with Crippen LogP contribution in [0.5, 0.6) is 0 Å². The molecule has 0 unspecified atom stereocenters. The summed E-state index contributed by atoms with van der Waals surface area (Å²) in [4.78, 5) is 12.7. The Kier molecular flexibility index (Phi) is 5.05. The van der Waals surface area contributed by atoms with Gasteiger partial charge in [-0.3, -0.25) is 4.79 Å². The highest BCUT2D eigenvalue weighted by molar-refractivity contribution is 9.10. The average Bonchev–Trinajstić information content (AvgIpc) is 2.77. The molecule has 0 bridgehead atoms. The zero-order valence-corrected chi connectivity index (χ0v) is 13.3. The smallest absolute Gasteiger partial charge is 0.263 e. The molecule has 3 N–H and O–H groups in total. The van der Waals surface area contributed by atoms with Crippen LogP contribution in [0.4, 0.5) is 5.69 Å². The van der Waals surface area contributed by atoms with Gasteiger partial charge in [0.15, 0.2) is 0 Å². The monoisotopic (exact) mass is 350 g/mol. The van der Waals surface area contributed by atoms with Crippen LogP contribution in [0.2, 0.25) is 0 Å². The summed E-state index contributed by atoms with van der Waals surface area (Å²) >= 11 is 4.88. The predicted octanol–water partition coefficient (Wildman–Crippen LogP) is 3.78. The van der Waals surface area contributed by atoms with Gasteiger partial charge in [0.2, 0.25) is 0 Å². The van der Waals surface area contributed by atoms with Gasteiger partial charge in [0, 0.05) is 27.5 Å². The van der Waals surface area contributed by atoms with Crippen LogP contribution >= 0.6 is 27.3 Å². The maximum atomic E-state index is 12.1. The van der Waals surface area contributed by atoms with Gasteiger partial charge in [-0.15, -0.1) is 23.7 Å². The molecule has 0 saturated carbocycles. The van der Waals surface area contributed by atoms with Gasteiger partial charge < -0.3 is 11.1 Å². The second kappa shape index (κ2) is 6.78. The molecule has 0 aliphatic carbocycles. The van der Waals surface area contributed by atoms with E-state index in [2.05, 4.69) is 27.2 Å². The largest absolute Gasteiger partial charge is 0.397 e. The van der Waals surface area contributed by atoms with Gasteiger partial charge in [-0.2, -0.15) is 0 Å². The number of benzene rings is 1. The third kappa shape index (κ3) is 3.14. The van der Waals surface area contributed by atoms with Gasteiger partial charge >= 0.3 is 0 Å². The molecule has 0 aliphatic rings. The molecule has 0 atom stereocenters. The third-order valence-corrected chi connectivity index (χ3v) is 4.77. The SMILES string of the molecule is C#CCCCCNC(=O)c1sc2cccc(Br)c2c1N. The molecule has 1 aromatic carbocycles. The molecule has 3 nitrogen and oxygen atoms in total. The lowest BCUT2D eigenvalue weighted by molar-refractivity contribution is 0.0958. The molecule has 104 valence electrons. The first-order valence-electron chi connectivity index (χ1n) is 6.33. The van der Waals surface area contributed by atoms with Crippen molar-refractivity contribution in [2.75, 3.05) is 12.3 Å². The van der Waals surface area contributed by atoms with Crippen molar-refractivity contribution in [1.82, 2.24) is 5.32 Å². The second-order valence-corrected chi connectivity index (χ2v) is 6.28. The first kappa shape index (κ1) is 14.9. The van der Waals surface area contributed by atoms with Crippen LogP contribution in [0.15, 0.2) is 22.7 Å². The third-order valence-electron chi connectivity index (χ3n) is 2.94. The highest BCUT2D eigenvalue weighted by Gasteiger charge is 2.17. The Balaban J connectivity index is 2.09. The summed E-state index contributed by atoms with van der Waals surface area (Å²) in [5.74, 6) is 2.47. The maximum absolute atomic E-state index is 12.1. The number of anilines is 1.